The molecule has 0 rings (SSSR count). The molecule has 8 nitrogen and oxygen atoms in total. The monoisotopic (exact) mass is 1030 g/mol. The summed E-state index contributed by atoms with van der Waals surface area (Å²) in [5, 5.41) is 22.7. The molecular formula is C60H114O8Zn. The van der Waals surface area contributed by atoms with Crippen LogP contribution in [0.1, 0.15) is 349 Å². The molecule has 0 aliphatic heterocycles. The molecule has 0 saturated carbocycles. The third kappa shape index (κ3) is 59.0. The van der Waals surface area contributed by atoms with Crippen LogP contribution < -0.4 is 10.2 Å². The Morgan fingerprint density at radius 2 is 0.435 bits per heavy atom. The molecule has 404 valence electrons. The number of esters is 2. The number of aliphatic carboxylic acids is 2. The Bertz CT molecular complexity index is 988. The van der Waals surface area contributed by atoms with E-state index < -0.39 is 24.1 Å². The number of hydrogen-bond donors (Lipinski definition) is 0. The second-order valence-corrected chi connectivity index (χ2v) is 20.5. The predicted octanol–water partition coefficient (Wildman–Crippen LogP) is 16.9. The zero-order valence-electron chi connectivity index (χ0n) is 46.5. The maximum absolute atomic E-state index is 12.0. The van der Waals surface area contributed by atoms with E-state index in [0.29, 0.717) is 25.7 Å². The molecule has 69 heavy (non-hydrogen) atoms. The molecule has 0 fully saturated rings. The van der Waals surface area contributed by atoms with Gasteiger partial charge in [0.05, 0.1) is 11.9 Å². The Morgan fingerprint density at radius 1 is 0.275 bits per heavy atom. The quantitative estimate of drug-likeness (QED) is 0.0334. The van der Waals surface area contributed by atoms with E-state index in [2.05, 4.69) is 27.7 Å². The number of carbonyl (C=O) groups excluding carboxylic acids is 4. The van der Waals surface area contributed by atoms with Gasteiger partial charge in [0.15, 0.2) is 0 Å². The van der Waals surface area contributed by atoms with Crippen LogP contribution in [-0.4, -0.2) is 36.1 Å². The van der Waals surface area contributed by atoms with E-state index in [9.17, 15) is 29.4 Å². The van der Waals surface area contributed by atoms with Gasteiger partial charge in [-0.2, -0.15) is 0 Å². The van der Waals surface area contributed by atoms with Gasteiger partial charge in [-0.1, -0.05) is 297 Å². The largest absolute Gasteiger partial charge is 2.00 e. The van der Waals surface area contributed by atoms with Crippen molar-refractivity contribution in [3.05, 3.63) is 0 Å². The summed E-state index contributed by atoms with van der Waals surface area (Å²) in [7, 11) is 0. The van der Waals surface area contributed by atoms with Gasteiger partial charge in [-0.15, -0.1) is 0 Å². The molecule has 0 aliphatic carbocycles. The van der Waals surface area contributed by atoms with Crippen molar-refractivity contribution in [2.75, 3.05) is 0 Å². The minimum Gasteiger partial charge on any atom is -0.546 e. The van der Waals surface area contributed by atoms with Gasteiger partial charge in [0.1, 0.15) is 12.2 Å². The molecule has 0 N–H and O–H groups in total. The number of carbonyl (C=O) groups is 4. The molecule has 9 heteroatoms. The van der Waals surface area contributed by atoms with Gasteiger partial charge in [0.25, 0.3) is 0 Å². The second-order valence-electron chi connectivity index (χ2n) is 20.5. The van der Waals surface area contributed by atoms with E-state index in [0.717, 1.165) is 77.0 Å². The summed E-state index contributed by atoms with van der Waals surface area (Å²) in [4.78, 5) is 46.7. The normalized spacial score (nSPS) is 11.9. The molecule has 0 spiro atoms. The van der Waals surface area contributed by atoms with Crippen molar-refractivity contribution in [1.82, 2.24) is 0 Å². The van der Waals surface area contributed by atoms with Crippen molar-refractivity contribution in [3.8, 4) is 0 Å². The summed E-state index contributed by atoms with van der Waals surface area (Å²) in [5.41, 5.74) is 0. The molecule has 2 atom stereocenters. The topological polar surface area (TPSA) is 133 Å². The average molecular weight is 1030 g/mol. The Labute approximate surface area is 441 Å². The fraction of sp³-hybridized carbons (Fsp3) is 0.933. The van der Waals surface area contributed by atoms with Crippen LogP contribution in [0.4, 0.5) is 0 Å². The van der Waals surface area contributed by atoms with Crippen LogP contribution >= 0.6 is 0 Å². The zero-order chi connectivity index (χ0) is 50.2. The summed E-state index contributed by atoms with van der Waals surface area (Å²) in [6, 6.07) is 0. The Hall–Kier alpha value is -1.50. The van der Waals surface area contributed by atoms with Crippen molar-refractivity contribution in [1.29, 1.82) is 0 Å². The Morgan fingerprint density at radius 3 is 0.609 bits per heavy atom. The summed E-state index contributed by atoms with van der Waals surface area (Å²) >= 11 is 0. The van der Waals surface area contributed by atoms with Crippen LogP contribution in [0.25, 0.3) is 0 Å². The first-order valence-corrected chi connectivity index (χ1v) is 30.0. The molecule has 0 amide bonds. The second kappa shape index (κ2) is 60.8. The van der Waals surface area contributed by atoms with Crippen LogP contribution in [0, 0.1) is 0 Å². The van der Waals surface area contributed by atoms with Crippen LogP contribution in [0.2, 0.25) is 0 Å². The van der Waals surface area contributed by atoms with Crippen molar-refractivity contribution < 1.29 is 58.3 Å². The third-order valence-electron chi connectivity index (χ3n) is 13.7. The fourth-order valence-electron chi connectivity index (χ4n) is 9.09. The van der Waals surface area contributed by atoms with Gasteiger partial charge in [0, 0.05) is 12.8 Å². The van der Waals surface area contributed by atoms with E-state index in [1.54, 1.807) is 0 Å². The molecule has 0 aromatic rings. The molecule has 0 saturated heterocycles. The minimum atomic E-state index is -1.25. The average Bonchev–Trinajstić information content (AvgIpc) is 3.32. The fourth-order valence-corrected chi connectivity index (χ4v) is 9.09. The van der Waals surface area contributed by atoms with Crippen LogP contribution in [0.15, 0.2) is 0 Å². The predicted molar refractivity (Wildman–Crippen MR) is 283 cm³/mol. The van der Waals surface area contributed by atoms with E-state index in [1.807, 2.05) is 0 Å². The third-order valence-corrected chi connectivity index (χ3v) is 13.7. The molecular weight excluding hydrogens is 914 g/mol. The number of carboxylic acids is 2. The van der Waals surface area contributed by atoms with Crippen molar-refractivity contribution >= 4 is 23.9 Å². The smallest absolute Gasteiger partial charge is 0.546 e. The van der Waals surface area contributed by atoms with E-state index in [-0.39, 0.29) is 31.4 Å². The Balaban J connectivity index is -0.00000124. The summed E-state index contributed by atoms with van der Waals surface area (Å²) in [5.74, 6) is -3.28. The van der Waals surface area contributed by atoms with Crippen LogP contribution in [0.3, 0.4) is 0 Å². The van der Waals surface area contributed by atoms with E-state index in [1.165, 1.54) is 218 Å². The van der Waals surface area contributed by atoms with Crippen LogP contribution in [-0.2, 0) is 48.1 Å². The van der Waals surface area contributed by atoms with Crippen molar-refractivity contribution in [2.45, 2.75) is 361 Å². The van der Waals surface area contributed by atoms with Gasteiger partial charge in [-0.25, -0.2) is 0 Å². The van der Waals surface area contributed by atoms with Gasteiger partial charge in [0.2, 0.25) is 0 Å². The van der Waals surface area contributed by atoms with Gasteiger partial charge in [-0.05, 0) is 38.5 Å². The molecule has 2 unspecified atom stereocenters. The van der Waals surface area contributed by atoms with Gasteiger partial charge in [-0.3, -0.25) is 9.59 Å². The van der Waals surface area contributed by atoms with Gasteiger partial charge >= 0.3 is 31.4 Å². The first-order chi connectivity index (χ1) is 33.2. The van der Waals surface area contributed by atoms with Crippen molar-refractivity contribution in [3.63, 3.8) is 0 Å². The first-order valence-electron chi connectivity index (χ1n) is 30.0. The number of carboxylic acid groups (broad SMARTS) is 2. The molecule has 0 aliphatic rings. The maximum Gasteiger partial charge on any atom is 2.00 e. The zero-order valence-corrected chi connectivity index (χ0v) is 49.5. The summed E-state index contributed by atoms with van der Waals surface area (Å²) < 4.78 is 10.4. The minimum absolute atomic E-state index is 0. The van der Waals surface area contributed by atoms with Gasteiger partial charge < -0.3 is 29.3 Å². The SMILES string of the molecule is CCCCCCCCCCCCCCCCC(OC(=O)CCCCCCCCCCC)C(=O)[O-].CCCCCCCCCCCCCCCCC(OC(=O)CCCCCCCCCCC)C(=O)[O-].[Zn+2]. The molecule has 0 aromatic heterocycles. The van der Waals surface area contributed by atoms with Crippen LogP contribution in [0.5, 0.6) is 0 Å². The summed E-state index contributed by atoms with van der Waals surface area (Å²) in [6.45, 7) is 8.97. The standard InChI is InChI=1S/2C30H58O4.Zn/c2*1-3-5-7-9-11-13-14-15-16-17-19-20-22-24-26-28(30(32)33)34-29(31)27-25-23-21-18-12-10-8-6-4-2;/h2*28H,3-27H2,1-2H3,(H,32,33);/q;;+2/p-2. The first kappa shape index (κ1) is 71.8. The van der Waals surface area contributed by atoms with E-state index >= 15 is 0 Å². The van der Waals surface area contributed by atoms with E-state index in [4.69, 9.17) is 9.47 Å². The number of ether oxygens (including phenoxy) is 2. The molecule has 0 radical (unpaired) electrons. The summed E-state index contributed by atoms with van der Waals surface area (Å²) in [6.07, 6.45) is 55.9. The molecule has 0 aromatic carbocycles. The Kier molecular flexibility index (Phi) is 63.2. The maximum atomic E-state index is 12.0. The number of rotatable bonds is 54. The number of hydrogen-bond acceptors (Lipinski definition) is 8. The number of unbranched alkanes of at least 4 members (excludes halogenated alkanes) is 42. The molecule has 0 bridgehead atoms. The van der Waals surface area contributed by atoms with Crippen molar-refractivity contribution in [2.24, 2.45) is 0 Å². The molecule has 0 heterocycles.